The summed E-state index contributed by atoms with van der Waals surface area (Å²) in [5.41, 5.74) is 7.41. The Morgan fingerprint density at radius 1 is 1.17 bits per heavy atom. The fourth-order valence-electron chi connectivity index (χ4n) is 2.28. The molecule has 2 heterocycles. The van der Waals surface area contributed by atoms with Crippen molar-refractivity contribution in [2.75, 3.05) is 26.3 Å². The average Bonchev–Trinajstić information content (AvgIpc) is 3.22. The zero-order valence-electron chi connectivity index (χ0n) is 15.5. The lowest BCUT2D eigenvalue weighted by molar-refractivity contribution is 0.0919. The topological polar surface area (TPSA) is 116 Å². The zero-order valence-corrected chi connectivity index (χ0v) is 17.1. The van der Waals surface area contributed by atoms with Crippen LogP contribution in [-0.2, 0) is 10.5 Å². The monoisotopic (exact) mass is 433 g/mol. The molecule has 0 aliphatic carbocycles. The number of ether oxygens (including phenoxy) is 1. The number of pyridine rings is 1. The first-order valence-electron chi connectivity index (χ1n) is 8.89. The molecule has 0 saturated carbocycles. The summed E-state index contributed by atoms with van der Waals surface area (Å²) in [6, 6.07) is 10.7. The highest BCUT2D eigenvalue weighted by atomic mass is 35.5. The molecule has 152 valence electrons. The molecule has 0 aliphatic heterocycles. The SMILES string of the molecule is NCCOCCNC(=O)c1ccc(CSc2nnc(-c3ccc(Cl)cc3)o2)nc1. The first-order chi connectivity index (χ1) is 14.2. The lowest BCUT2D eigenvalue weighted by Gasteiger charge is -2.06. The third-order valence-electron chi connectivity index (χ3n) is 3.72. The highest BCUT2D eigenvalue weighted by Gasteiger charge is 2.10. The van der Waals surface area contributed by atoms with Gasteiger partial charge < -0.3 is 20.2 Å². The molecule has 0 bridgehead atoms. The van der Waals surface area contributed by atoms with Crippen LogP contribution < -0.4 is 11.1 Å². The molecule has 0 radical (unpaired) electrons. The number of thioether (sulfide) groups is 1. The molecule has 29 heavy (non-hydrogen) atoms. The number of aromatic nitrogens is 3. The largest absolute Gasteiger partial charge is 0.411 e. The maximum Gasteiger partial charge on any atom is 0.277 e. The molecule has 3 rings (SSSR count). The molecule has 0 fully saturated rings. The van der Waals surface area contributed by atoms with Gasteiger partial charge in [-0.3, -0.25) is 9.78 Å². The van der Waals surface area contributed by atoms with Crippen LogP contribution >= 0.6 is 23.4 Å². The summed E-state index contributed by atoms with van der Waals surface area (Å²) in [4.78, 5) is 16.4. The van der Waals surface area contributed by atoms with Crippen LogP contribution in [0.25, 0.3) is 11.5 Å². The Bertz CT molecular complexity index is 918. The number of nitrogens with two attached hydrogens (primary N) is 1. The van der Waals surface area contributed by atoms with Gasteiger partial charge in [-0.05, 0) is 36.4 Å². The van der Waals surface area contributed by atoms with Gasteiger partial charge in [0.2, 0.25) is 5.89 Å². The van der Waals surface area contributed by atoms with Crippen LogP contribution in [0.15, 0.2) is 52.2 Å². The minimum absolute atomic E-state index is 0.197. The number of carbonyl (C=O) groups is 1. The van der Waals surface area contributed by atoms with E-state index in [1.54, 1.807) is 30.5 Å². The molecule has 1 amide bonds. The Morgan fingerprint density at radius 2 is 2.00 bits per heavy atom. The predicted octanol–water partition coefficient (Wildman–Crippen LogP) is 2.78. The van der Waals surface area contributed by atoms with Gasteiger partial charge >= 0.3 is 0 Å². The second kappa shape index (κ2) is 10.9. The maximum absolute atomic E-state index is 12.0. The van der Waals surface area contributed by atoms with E-state index in [1.165, 1.54) is 11.8 Å². The van der Waals surface area contributed by atoms with E-state index in [9.17, 15) is 4.79 Å². The average molecular weight is 434 g/mol. The van der Waals surface area contributed by atoms with E-state index in [4.69, 9.17) is 26.5 Å². The van der Waals surface area contributed by atoms with Crippen LogP contribution in [0.3, 0.4) is 0 Å². The zero-order chi connectivity index (χ0) is 20.5. The number of nitrogens with one attached hydrogen (secondary N) is 1. The Labute approximate surface area is 177 Å². The summed E-state index contributed by atoms with van der Waals surface area (Å²) in [5, 5.41) is 11.9. The van der Waals surface area contributed by atoms with Crippen LogP contribution in [0, 0.1) is 0 Å². The number of benzene rings is 1. The summed E-state index contributed by atoms with van der Waals surface area (Å²) >= 11 is 7.25. The summed E-state index contributed by atoms with van der Waals surface area (Å²) in [5.74, 6) is 0.772. The van der Waals surface area contributed by atoms with Crippen molar-refractivity contribution in [2.45, 2.75) is 11.0 Å². The summed E-state index contributed by atoms with van der Waals surface area (Å²) in [6.45, 7) is 1.78. The van der Waals surface area contributed by atoms with Crippen molar-refractivity contribution in [3.05, 3.63) is 58.9 Å². The second-order valence-corrected chi connectivity index (χ2v) is 7.23. The van der Waals surface area contributed by atoms with Crippen molar-refractivity contribution < 1.29 is 13.9 Å². The van der Waals surface area contributed by atoms with Gasteiger partial charge in [0.15, 0.2) is 0 Å². The number of hydrogen-bond donors (Lipinski definition) is 2. The van der Waals surface area contributed by atoms with Crippen LogP contribution in [0.2, 0.25) is 5.02 Å². The van der Waals surface area contributed by atoms with E-state index in [2.05, 4.69) is 20.5 Å². The number of carbonyl (C=O) groups excluding carboxylic acids is 1. The predicted molar refractivity (Wildman–Crippen MR) is 111 cm³/mol. The van der Waals surface area contributed by atoms with Crippen molar-refractivity contribution in [3.8, 4) is 11.5 Å². The lowest BCUT2D eigenvalue weighted by Crippen LogP contribution is -2.28. The fraction of sp³-hybridized carbons (Fsp3) is 0.263. The van der Waals surface area contributed by atoms with E-state index >= 15 is 0 Å². The molecule has 3 N–H and O–H groups in total. The third-order valence-corrected chi connectivity index (χ3v) is 4.83. The molecule has 0 saturated heterocycles. The molecule has 0 spiro atoms. The molecule has 0 atom stereocenters. The van der Waals surface area contributed by atoms with Gasteiger partial charge in [0.05, 0.1) is 24.5 Å². The van der Waals surface area contributed by atoms with Crippen molar-refractivity contribution in [1.29, 1.82) is 0 Å². The highest BCUT2D eigenvalue weighted by Crippen LogP contribution is 2.26. The molecule has 3 aromatic rings. The third kappa shape index (κ3) is 6.53. The minimum atomic E-state index is -0.197. The van der Waals surface area contributed by atoms with Gasteiger partial charge in [-0.2, -0.15) is 0 Å². The molecular weight excluding hydrogens is 414 g/mol. The Kier molecular flexibility index (Phi) is 8.00. The first-order valence-corrected chi connectivity index (χ1v) is 10.3. The summed E-state index contributed by atoms with van der Waals surface area (Å²) in [6.07, 6.45) is 1.54. The molecule has 1 aromatic carbocycles. The smallest absolute Gasteiger partial charge is 0.277 e. The van der Waals surface area contributed by atoms with Gasteiger partial charge in [-0.25, -0.2) is 0 Å². The maximum atomic E-state index is 12.0. The van der Waals surface area contributed by atoms with E-state index in [-0.39, 0.29) is 5.91 Å². The van der Waals surface area contributed by atoms with E-state index < -0.39 is 0 Å². The Balaban J connectivity index is 1.48. The molecule has 0 aliphatic rings. The Morgan fingerprint density at radius 3 is 2.72 bits per heavy atom. The van der Waals surface area contributed by atoms with Crippen LogP contribution in [0.4, 0.5) is 0 Å². The molecule has 8 nitrogen and oxygen atoms in total. The van der Waals surface area contributed by atoms with E-state index in [0.717, 1.165) is 11.3 Å². The van der Waals surface area contributed by atoms with E-state index in [0.29, 0.717) is 53.8 Å². The van der Waals surface area contributed by atoms with Gasteiger partial charge in [-0.1, -0.05) is 23.4 Å². The summed E-state index contributed by atoms with van der Waals surface area (Å²) in [7, 11) is 0. The van der Waals surface area contributed by atoms with Crippen LogP contribution in [0.1, 0.15) is 16.1 Å². The molecule has 10 heteroatoms. The number of rotatable bonds is 10. The van der Waals surface area contributed by atoms with Gasteiger partial charge in [0, 0.05) is 35.6 Å². The van der Waals surface area contributed by atoms with E-state index in [1.807, 2.05) is 12.1 Å². The number of hydrogen-bond acceptors (Lipinski definition) is 8. The highest BCUT2D eigenvalue weighted by molar-refractivity contribution is 7.98. The van der Waals surface area contributed by atoms with Gasteiger partial charge in [0.25, 0.3) is 11.1 Å². The van der Waals surface area contributed by atoms with Crippen molar-refractivity contribution >= 4 is 29.3 Å². The Hall–Kier alpha value is -2.46. The first kappa shape index (κ1) is 21.3. The van der Waals surface area contributed by atoms with Crippen LogP contribution in [-0.4, -0.2) is 47.4 Å². The quantitative estimate of drug-likeness (QED) is 0.370. The van der Waals surface area contributed by atoms with Crippen molar-refractivity contribution in [1.82, 2.24) is 20.5 Å². The number of nitrogens with zero attached hydrogens (tertiary/aromatic N) is 3. The minimum Gasteiger partial charge on any atom is -0.411 e. The second-order valence-electron chi connectivity index (χ2n) is 5.86. The van der Waals surface area contributed by atoms with Crippen LogP contribution in [0.5, 0.6) is 0 Å². The lowest BCUT2D eigenvalue weighted by atomic mass is 10.2. The van der Waals surface area contributed by atoms with Gasteiger partial charge in [-0.15, -0.1) is 10.2 Å². The van der Waals surface area contributed by atoms with Crippen molar-refractivity contribution in [2.24, 2.45) is 5.73 Å². The number of amides is 1. The van der Waals surface area contributed by atoms with Crippen molar-refractivity contribution in [3.63, 3.8) is 0 Å². The molecular formula is C19H20ClN5O3S. The number of halogens is 1. The van der Waals surface area contributed by atoms with Gasteiger partial charge in [0.1, 0.15) is 0 Å². The standard InChI is InChI=1S/C19H20ClN5O3S/c20-15-4-1-13(2-5-15)18-24-25-19(28-18)29-12-16-6-3-14(11-23-16)17(26)22-8-10-27-9-7-21/h1-6,11H,7-10,12,21H2,(H,22,26). The normalized spacial score (nSPS) is 10.8. The summed E-state index contributed by atoms with van der Waals surface area (Å²) < 4.78 is 10.9. The molecule has 2 aromatic heterocycles. The molecule has 0 unspecified atom stereocenters. The fourth-order valence-corrected chi connectivity index (χ4v) is 3.09.